The Morgan fingerprint density at radius 1 is 0.578 bits per heavy atom. The number of nitrogens with one attached hydrogen (secondary N) is 6. The summed E-state index contributed by atoms with van der Waals surface area (Å²) in [6.45, 7) is 16.7. The van der Waals surface area contributed by atoms with Crippen LogP contribution in [0.15, 0.2) is 0 Å². The summed E-state index contributed by atoms with van der Waals surface area (Å²) in [4.78, 5) is 144. The number of hydrogen-bond donors (Lipinski definition) is 10. The number of carbonyl (C=O) groups is 11. The van der Waals surface area contributed by atoms with E-state index < -0.39 is 138 Å². The van der Waals surface area contributed by atoms with Gasteiger partial charge in [-0.3, -0.25) is 47.9 Å². The lowest BCUT2D eigenvalue weighted by Gasteiger charge is -2.32. The van der Waals surface area contributed by atoms with Gasteiger partial charge in [0.25, 0.3) is 0 Å². The highest BCUT2D eigenvalue weighted by atomic mass is 16.4. The Labute approximate surface area is 374 Å². The first-order valence-electron chi connectivity index (χ1n) is 21.7. The van der Waals surface area contributed by atoms with Gasteiger partial charge in [0, 0.05) is 6.54 Å². The van der Waals surface area contributed by atoms with E-state index in [1.807, 2.05) is 13.8 Å². The van der Waals surface area contributed by atoms with Crippen LogP contribution < -0.4 is 43.4 Å². The van der Waals surface area contributed by atoms with Crippen molar-refractivity contribution in [1.82, 2.24) is 36.8 Å². The Bertz CT molecular complexity index is 1720. The molecule has 0 aromatic heterocycles. The van der Waals surface area contributed by atoms with Crippen molar-refractivity contribution in [3.05, 3.63) is 0 Å². The summed E-state index contributed by atoms with van der Waals surface area (Å²) in [5.41, 5.74) is 11.0. The zero-order chi connectivity index (χ0) is 49.3. The van der Waals surface area contributed by atoms with E-state index in [1.165, 1.54) is 18.7 Å². The Hall–Kier alpha value is -5.67. The second-order valence-electron chi connectivity index (χ2n) is 18.1. The number of hydrogen-bond acceptors (Lipinski definition) is 12. The molecule has 0 unspecified atom stereocenters. The van der Waals surface area contributed by atoms with Crippen molar-refractivity contribution in [2.75, 3.05) is 6.54 Å². The molecule has 8 amide bonds. The molecule has 0 aromatic rings. The lowest BCUT2D eigenvalue weighted by molar-refractivity contribution is -0.147. The molecule has 0 aliphatic carbocycles. The Kier molecular flexibility index (Phi) is 23.1. The number of likely N-dealkylation sites (tertiary alicyclic amines) is 1. The third-order valence-electron chi connectivity index (χ3n) is 10.4. The van der Waals surface area contributed by atoms with Crippen LogP contribution in [0.2, 0.25) is 0 Å². The van der Waals surface area contributed by atoms with E-state index >= 15 is 0 Å². The van der Waals surface area contributed by atoms with E-state index in [1.54, 1.807) is 41.5 Å². The number of Topliss-reactive ketones (excluding diaryl/α,β-unsaturated/α-hetero) is 1. The van der Waals surface area contributed by atoms with Crippen LogP contribution in [0.5, 0.6) is 0 Å². The Morgan fingerprint density at radius 3 is 1.48 bits per heavy atom. The Balaban J connectivity index is 3.23. The summed E-state index contributed by atoms with van der Waals surface area (Å²) < 4.78 is 0. The molecule has 0 radical (unpaired) electrons. The number of nitrogens with two attached hydrogens (primary N) is 2. The van der Waals surface area contributed by atoms with E-state index in [0.717, 1.165) is 0 Å². The number of carboxylic acid groups (broad SMARTS) is 2. The molecule has 1 aliphatic heterocycles. The summed E-state index contributed by atoms with van der Waals surface area (Å²) >= 11 is 0. The maximum atomic E-state index is 14.1. The highest BCUT2D eigenvalue weighted by Gasteiger charge is 2.42. The quantitative estimate of drug-likeness (QED) is 0.0427. The first-order valence-corrected chi connectivity index (χ1v) is 21.7. The van der Waals surface area contributed by atoms with Crippen molar-refractivity contribution in [2.24, 2.45) is 41.1 Å². The van der Waals surface area contributed by atoms with Gasteiger partial charge in [-0.15, -0.1) is 0 Å². The fraction of sp³-hybridized carbons (Fsp3) is 0.738. The number of primary amides is 1. The van der Waals surface area contributed by atoms with Gasteiger partial charge in [0.05, 0.1) is 30.8 Å². The second-order valence-corrected chi connectivity index (χ2v) is 18.1. The molecular weight excluding hydrogens is 839 g/mol. The molecule has 12 N–H and O–H groups in total. The van der Waals surface area contributed by atoms with Gasteiger partial charge in [-0.25, -0.2) is 4.79 Å². The van der Waals surface area contributed by atoms with Crippen LogP contribution in [-0.4, -0.2) is 135 Å². The molecule has 1 fully saturated rings. The fourth-order valence-electron chi connectivity index (χ4n) is 7.03. The molecular formula is C42H71N9O13. The van der Waals surface area contributed by atoms with Gasteiger partial charge in [0.1, 0.15) is 36.3 Å². The zero-order valence-electron chi connectivity index (χ0n) is 38.6. The topological polar surface area (TPSA) is 356 Å². The van der Waals surface area contributed by atoms with Crippen molar-refractivity contribution < 1.29 is 63.0 Å². The van der Waals surface area contributed by atoms with E-state index in [-0.39, 0.29) is 50.0 Å². The van der Waals surface area contributed by atoms with Gasteiger partial charge >= 0.3 is 11.9 Å². The predicted molar refractivity (Wildman–Crippen MR) is 231 cm³/mol. The molecule has 1 rings (SSSR count). The molecule has 1 saturated heterocycles. The van der Waals surface area contributed by atoms with Crippen LogP contribution >= 0.6 is 0 Å². The molecule has 64 heavy (non-hydrogen) atoms. The average molecular weight is 910 g/mol. The smallest absolute Gasteiger partial charge is 0.326 e. The first-order chi connectivity index (χ1) is 29.6. The standard InChI is InChI=1S/C42H71N9O13/c1-19(2)14-26(40(61)49-29(16-21(5)6)41(62)51-13-11-12-30(51)34(55)23(9)35(56)50-33(22(7)8)42(63)64)46-36(57)24(10)45-38(59)28(18-31(44)52)48-39(60)27(15-20(3)4)47-37(58)25(43)17-32(53)54/h19-30,33H,11-18,43H2,1-10H3,(H2,44,52)(H,45,59)(H,46,57)(H,47,58)(H,48,60)(H,49,61)(H,50,56)(H,53,54)(H,63,64)/t23-,24+,25+,26+,27+,28+,29+,30+,33+/m1/s1. The van der Waals surface area contributed by atoms with Crippen LogP contribution in [0, 0.1) is 29.6 Å². The number of nitrogens with zero attached hydrogens (tertiary/aromatic N) is 1. The zero-order valence-corrected chi connectivity index (χ0v) is 38.6. The number of amides is 8. The maximum absolute atomic E-state index is 14.1. The van der Waals surface area contributed by atoms with Crippen molar-refractivity contribution in [3.8, 4) is 0 Å². The van der Waals surface area contributed by atoms with Crippen molar-refractivity contribution >= 4 is 65.0 Å². The summed E-state index contributed by atoms with van der Waals surface area (Å²) in [7, 11) is 0. The molecule has 362 valence electrons. The minimum atomic E-state index is -1.63. The van der Waals surface area contributed by atoms with Crippen LogP contribution in [0.4, 0.5) is 0 Å². The maximum Gasteiger partial charge on any atom is 0.326 e. The molecule has 0 saturated carbocycles. The molecule has 0 aromatic carbocycles. The molecule has 0 spiro atoms. The SMILES string of the molecule is CC(C)C[C@H](NC(=O)[C@H](C)NC(=O)[C@H](CC(N)=O)NC(=O)[C@H](CC(C)C)NC(=O)[C@@H](N)CC(=O)O)C(=O)N[C@@H](CC(C)C)C(=O)N1CCC[C@H]1C(=O)[C@@H](C)C(=O)N[C@H](C(=O)O)C(C)C. The summed E-state index contributed by atoms with van der Waals surface area (Å²) in [6, 6.07) is -10.4. The van der Waals surface area contributed by atoms with Gasteiger partial charge in [-0.2, -0.15) is 0 Å². The third kappa shape index (κ3) is 18.6. The van der Waals surface area contributed by atoms with Gasteiger partial charge in [-0.1, -0.05) is 55.4 Å². The van der Waals surface area contributed by atoms with E-state index in [4.69, 9.17) is 16.6 Å². The monoisotopic (exact) mass is 910 g/mol. The van der Waals surface area contributed by atoms with E-state index in [0.29, 0.717) is 6.42 Å². The van der Waals surface area contributed by atoms with Crippen molar-refractivity contribution in [3.63, 3.8) is 0 Å². The lowest BCUT2D eigenvalue weighted by atomic mass is 9.95. The molecule has 1 heterocycles. The normalized spacial score (nSPS) is 17.5. The third-order valence-corrected chi connectivity index (χ3v) is 10.4. The first kappa shape index (κ1) is 56.3. The summed E-state index contributed by atoms with van der Waals surface area (Å²) in [5.74, 6) is -12.2. The number of carboxylic acids is 2. The summed E-state index contributed by atoms with van der Waals surface area (Å²) in [6.07, 6.45) is -0.484. The van der Waals surface area contributed by atoms with Crippen LogP contribution in [-0.2, 0) is 52.7 Å². The minimum Gasteiger partial charge on any atom is -0.481 e. The summed E-state index contributed by atoms with van der Waals surface area (Å²) in [5, 5.41) is 33.4. The lowest BCUT2D eigenvalue weighted by Crippen LogP contribution is -2.60. The Morgan fingerprint density at radius 2 is 1.03 bits per heavy atom. The second kappa shape index (κ2) is 26.2. The average Bonchev–Trinajstić information content (AvgIpc) is 3.66. The number of rotatable bonds is 27. The van der Waals surface area contributed by atoms with Crippen molar-refractivity contribution in [2.45, 2.75) is 163 Å². The van der Waals surface area contributed by atoms with Crippen LogP contribution in [0.25, 0.3) is 0 Å². The number of aliphatic carboxylic acids is 2. The van der Waals surface area contributed by atoms with Gasteiger partial charge in [0.15, 0.2) is 5.78 Å². The molecule has 1 aliphatic rings. The largest absolute Gasteiger partial charge is 0.481 e. The predicted octanol–water partition coefficient (Wildman–Crippen LogP) is -1.33. The number of carbonyl (C=O) groups excluding carboxylic acids is 9. The van der Waals surface area contributed by atoms with Crippen LogP contribution in [0.1, 0.15) is 114 Å². The molecule has 22 heteroatoms. The van der Waals surface area contributed by atoms with Gasteiger partial charge in [0.2, 0.25) is 47.3 Å². The number of ketones is 1. The van der Waals surface area contributed by atoms with E-state index in [2.05, 4.69) is 31.9 Å². The van der Waals surface area contributed by atoms with Gasteiger partial charge < -0.3 is 58.5 Å². The molecule has 0 bridgehead atoms. The van der Waals surface area contributed by atoms with Crippen molar-refractivity contribution in [1.29, 1.82) is 0 Å². The van der Waals surface area contributed by atoms with Gasteiger partial charge in [-0.05, 0) is 69.6 Å². The fourth-order valence-corrected chi connectivity index (χ4v) is 7.03. The van der Waals surface area contributed by atoms with E-state index in [9.17, 15) is 57.8 Å². The van der Waals surface area contributed by atoms with Crippen LogP contribution in [0.3, 0.4) is 0 Å². The molecule has 22 nitrogen and oxygen atoms in total. The minimum absolute atomic E-state index is 0.0355. The highest BCUT2D eigenvalue weighted by molar-refractivity contribution is 6.06. The molecule has 9 atom stereocenters. The highest BCUT2D eigenvalue weighted by Crippen LogP contribution is 2.24.